The Morgan fingerprint density at radius 3 is 2.71 bits per heavy atom. The van der Waals surface area contributed by atoms with Crippen LogP contribution in [0.15, 0.2) is 18.3 Å². The van der Waals surface area contributed by atoms with Crippen molar-refractivity contribution in [3.05, 3.63) is 18.3 Å². The molecule has 0 radical (unpaired) electrons. The molecule has 1 saturated heterocycles. The maximum absolute atomic E-state index is 12.2. The van der Waals surface area contributed by atoms with Gasteiger partial charge in [0.1, 0.15) is 5.82 Å². The van der Waals surface area contributed by atoms with E-state index in [2.05, 4.69) is 10.3 Å². The molecule has 1 N–H and O–H groups in total. The van der Waals surface area contributed by atoms with Gasteiger partial charge in [0, 0.05) is 33.1 Å². The van der Waals surface area contributed by atoms with E-state index in [9.17, 15) is 9.59 Å². The molecule has 1 aliphatic carbocycles. The third-order valence-corrected chi connectivity index (χ3v) is 3.99. The van der Waals surface area contributed by atoms with Crippen molar-refractivity contribution in [3.63, 3.8) is 0 Å². The third-order valence-electron chi connectivity index (χ3n) is 3.99. The fourth-order valence-electron chi connectivity index (χ4n) is 2.62. The Labute approximate surface area is 124 Å². The predicted octanol–water partition coefficient (Wildman–Crippen LogP) is 1.10. The first-order chi connectivity index (χ1) is 10.0. The summed E-state index contributed by atoms with van der Waals surface area (Å²) in [5.41, 5.74) is 0.669. The number of nitrogens with zero attached hydrogens (tertiary/aromatic N) is 3. The molecule has 0 aromatic carbocycles. The van der Waals surface area contributed by atoms with Crippen LogP contribution in [0.5, 0.6) is 0 Å². The fraction of sp³-hybridized carbons (Fsp3) is 0.533. The molecule has 2 aliphatic rings. The van der Waals surface area contributed by atoms with Gasteiger partial charge in [-0.2, -0.15) is 0 Å². The lowest BCUT2D eigenvalue weighted by Crippen LogP contribution is -2.29. The van der Waals surface area contributed by atoms with Crippen molar-refractivity contribution in [2.75, 3.05) is 30.9 Å². The van der Waals surface area contributed by atoms with Crippen molar-refractivity contribution in [1.29, 1.82) is 0 Å². The van der Waals surface area contributed by atoms with Crippen LogP contribution < -0.4 is 10.2 Å². The molecular weight excluding hydrogens is 268 g/mol. The Hall–Kier alpha value is -2.11. The van der Waals surface area contributed by atoms with Crippen molar-refractivity contribution in [2.45, 2.75) is 25.3 Å². The highest BCUT2D eigenvalue weighted by molar-refractivity contribution is 5.97. The molecule has 1 aliphatic heterocycles. The standard InChI is InChI=1S/C15H20N4O2/c1-18(2)13-6-3-11(8-16-13)17-15(21)10-7-14(20)19(9-10)12-4-5-12/h3,6,8,10,12H,4-5,7,9H2,1-2H3,(H,17,21)/t10-/m1/s1. The lowest BCUT2D eigenvalue weighted by Gasteiger charge is -2.15. The summed E-state index contributed by atoms with van der Waals surface area (Å²) in [5, 5.41) is 2.85. The van der Waals surface area contributed by atoms with Gasteiger partial charge in [-0.15, -0.1) is 0 Å². The summed E-state index contributed by atoms with van der Waals surface area (Å²) in [6.45, 7) is 0.554. The van der Waals surface area contributed by atoms with Crippen LogP contribution in [0.4, 0.5) is 11.5 Å². The summed E-state index contributed by atoms with van der Waals surface area (Å²) in [7, 11) is 3.83. The van der Waals surface area contributed by atoms with Crippen LogP contribution in [0.2, 0.25) is 0 Å². The van der Waals surface area contributed by atoms with Gasteiger partial charge in [-0.05, 0) is 25.0 Å². The van der Waals surface area contributed by atoms with E-state index >= 15 is 0 Å². The van der Waals surface area contributed by atoms with E-state index in [0.29, 0.717) is 24.7 Å². The molecular formula is C15H20N4O2. The lowest BCUT2D eigenvalue weighted by molar-refractivity contribution is -0.128. The number of aromatic nitrogens is 1. The van der Waals surface area contributed by atoms with E-state index < -0.39 is 0 Å². The Kier molecular flexibility index (Phi) is 3.53. The van der Waals surface area contributed by atoms with Crippen LogP contribution in [-0.2, 0) is 9.59 Å². The largest absolute Gasteiger partial charge is 0.363 e. The van der Waals surface area contributed by atoms with Gasteiger partial charge in [-0.3, -0.25) is 9.59 Å². The number of nitrogens with one attached hydrogen (secondary N) is 1. The molecule has 2 amide bonds. The Morgan fingerprint density at radius 1 is 1.38 bits per heavy atom. The second-order valence-electron chi connectivity index (χ2n) is 5.97. The molecule has 6 nitrogen and oxygen atoms in total. The number of amides is 2. The van der Waals surface area contributed by atoms with Crippen LogP contribution in [-0.4, -0.2) is 48.4 Å². The van der Waals surface area contributed by atoms with Gasteiger partial charge in [0.15, 0.2) is 0 Å². The molecule has 2 fully saturated rings. The number of likely N-dealkylation sites (tertiary alicyclic amines) is 1. The van der Waals surface area contributed by atoms with Crippen molar-refractivity contribution in [3.8, 4) is 0 Å². The van der Waals surface area contributed by atoms with E-state index in [1.807, 2.05) is 36.0 Å². The predicted molar refractivity (Wildman–Crippen MR) is 80.0 cm³/mol. The van der Waals surface area contributed by atoms with Crippen LogP contribution in [0, 0.1) is 5.92 Å². The van der Waals surface area contributed by atoms with Crippen molar-refractivity contribution in [2.24, 2.45) is 5.92 Å². The minimum absolute atomic E-state index is 0.0918. The zero-order chi connectivity index (χ0) is 15.0. The first-order valence-electron chi connectivity index (χ1n) is 7.28. The van der Waals surface area contributed by atoms with Crippen molar-refractivity contribution >= 4 is 23.3 Å². The maximum Gasteiger partial charge on any atom is 0.229 e. The molecule has 1 aromatic rings. The Bertz CT molecular complexity index is 551. The molecule has 0 unspecified atom stereocenters. The van der Waals surface area contributed by atoms with Gasteiger partial charge < -0.3 is 15.1 Å². The van der Waals surface area contributed by atoms with E-state index in [1.165, 1.54) is 0 Å². The lowest BCUT2D eigenvalue weighted by atomic mass is 10.1. The molecule has 1 atom stereocenters. The number of carbonyl (C=O) groups is 2. The van der Waals surface area contributed by atoms with Crippen molar-refractivity contribution < 1.29 is 9.59 Å². The molecule has 112 valence electrons. The SMILES string of the molecule is CN(C)c1ccc(NC(=O)[C@@H]2CC(=O)N(C3CC3)C2)cn1. The Morgan fingerprint density at radius 2 is 2.14 bits per heavy atom. The monoisotopic (exact) mass is 288 g/mol. The second kappa shape index (κ2) is 5.35. The highest BCUT2D eigenvalue weighted by atomic mass is 16.2. The molecule has 2 heterocycles. The average Bonchev–Trinajstić information content (AvgIpc) is 3.22. The summed E-state index contributed by atoms with van der Waals surface area (Å²) < 4.78 is 0. The number of pyridine rings is 1. The number of hydrogen-bond donors (Lipinski definition) is 1. The summed E-state index contributed by atoms with van der Waals surface area (Å²) in [5.74, 6) is 0.611. The van der Waals surface area contributed by atoms with Crippen LogP contribution >= 0.6 is 0 Å². The quantitative estimate of drug-likeness (QED) is 0.901. The van der Waals surface area contributed by atoms with Crippen LogP contribution in [0.1, 0.15) is 19.3 Å². The fourth-order valence-corrected chi connectivity index (χ4v) is 2.62. The second-order valence-corrected chi connectivity index (χ2v) is 5.97. The maximum atomic E-state index is 12.2. The van der Waals surface area contributed by atoms with Crippen LogP contribution in [0.3, 0.4) is 0 Å². The summed E-state index contributed by atoms with van der Waals surface area (Å²) in [4.78, 5) is 32.1. The van der Waals surface area contributed by atoms with Gasteiger partial charge in [-0.1, -0.05) is 0 Å². The van der Waals surface area contributed by atoms with Gasteiger partial charge in [0.05, 0.1) is 17.8 Å². The van der Waals surface area contributed by atoms with E-state index in [0.717, 1.165) is 18.7 Å². The van der Waals surface area contributed by atoms with Crippen LogP contribution in [0.25, 0.3) is 0 Å². The molecule has 0 bridgehead atoms. The average molecular weight is 288 g/mol. The van der Waals surface area contributed by atoms with E-state index in [-0.39, 0.29) is 17.7 Å². The molecule has 21 heavy (non-hydrogen) atoms. The van der Waals surface area contributed by atoms with Crippen molar-refractivity contribution in [1.82, 2.24) is 9.88 Å². The number of hydrogen-bond acceptors (Lipinski definition) is 4. The molecule has 1 aromatic heterocycles. The zero-order valence-electron chi connectivity index (χ0n) is 12.4. The zero-order valence-corrected chi connectivity index (χ0v) is 12.4. The van der Waals surface area contributed by atoms with E-state index in [4.69, 9.17) is 0 Å². The smallest absolute Gasteiger partial charge is 0.229 e. The highest BCUT2D eigenvalue weighted by Crippen LogP contribution is 2.32. The van der Waals surface area contributed by atoms with Gasteiger partial charge >= 0.3 is 0 Å². The summed E-state index contributed by atoms with van der Waals surface area (Å²) in [6, 6.07) is 4.07. The first kappa shape index (κ1) is 13.9. The highest BCUT2D eigenvalue weighted by Gasteiger charge is 2.41. The molecule has 1 saturated carbocycles. The van der Waals surface area contributed by atoms with E-state index in [1.54, 1.807) is 6.20 Å². The van der Waals surface area contributed by atoms with Gasteiger partial charge in [0.25, 0.3) is 0 Å². The summed E-state index contributed by atoms with van der Waals surface area (Å²) >= 11 is 0. The molecule has 3 rings (SSSR count). The number of carbonyl (C=O) groups excluding carboxylic acids is 2. The number of anilines is 2. The Balaban J connectivity index is 1.60. The third kappa shape index (κ3) is 2.99. The molecule has 6 heteroatoms. The normalized spacial score (nSPS) is 21.5. The molecule has 0 spiro atoms. The van der Waals surface area contributed by atoms with Gasteiger partial charge in [0.2, 0.25) is 11.8 Å². The van der Waals surface area contributed by atoms with Gasteiger partial charge in [-0.25, -0.2) is 4.98 Å². The number of rotatable bonds is 4. The minimum atomic E-state index is -0.244. The minimum Gasteiger partial charge on any atom is -0.363 e. The first-order valence-corrected chi connectivity index (χ1v) is 7.28. The topological polar surface area (TPSA) is 65.5 Å². The summed E-state index contributed by atoms with van der Waals surface area (Å²) in [6.07, 6.45) is 4.13.